The van der Waals surface area contributed by atoms with Crippen molar-refractivity contribution in [3.8, 4) is 0 Å². The third-order valence-corrected chi connectivity index (χ3v) is 1.06. The average Bonchev–Trinajstić information content (AvgIpc) is 1.69. The summed E-state index contributed by atoms with van der Waals surface area (Å²) >= 11 is 0. The zero-order valence-corrected chi connectivity index (χ0v) is 6.02. The molecular weight excluding hydrogens is 101 g/mol. The Morgan fingerprint density at radius 2 is 1.50 bits per heavy atom. The summed E-state index contributed by atoms with van der Waals surface area (Å²) in [6, 6.07) is 0. The van der Waals surface area contributed by atoms with Gasteiger partial charge in [-0.1, -0.05) is 0 Å². The lowest BCUT2D eigenvalue weighted by Gasteiger charge is -2.16. The first-order valence-electron chi connectivity index (χ1n) is 2.73. The topological polar surface area (TPSA) is 27.3 Å². The molecule has 0 saturated carbocycles. The Hall–Kier alpha value is -0.0551. The molecule has 0 aliphatic carbocycles. The monoisotopic (exact) mass is 115 g/mol. The van der Waals surface area contributed by atoms with Crippen molar-refractivity contribution < 1.29 is 0 Å². The van der Waals surface area contributed by atoms with Gasteiger partial charge in [0.2, 0.25) is 0 Å². The van der Waals surface area contributed by atoms with Crippen LogP contribution in [0.1, 0.15) is 0 Å². The smallest absolute Gasteiger partial charge is 0.330 e. The Balaban J connectivity index is 3.35. The van der Waals surface area contributed by atoms with Gasteiger partial charge in [0.05, 0.1) is 0 Å². The van der Waals surface area contributed by atoms with Crippen molar-refractivity contribution in [3.05, 3.63) is 0 Å². The molecule has 0 radical (unpaired) electrons. The number of nitrogens with zero attached hydrogens (tertiary/aromatic N) is 1. The molecule has 0 fully saturated rings. The molecule has 0 aliphatic rings. The number of nitrogens with one attached hydrogen (secondary N) is 2. The van der Waals surface area contributed by atoms with Crippen LogP contribution in [0, 0.1) is 0 Å². The van der Waals surface area contributed by atoms with Gasteiger partial charge in [-0.15, -0.1) is 0 Å². The van der Waals surface area contributed by atoms with Crippen molar-refractivity contribution >= 4 is 7.12 Å². The molecule has 0 aromatic carbocycles. The molecule has 4 heteroatoms. The van der Waals surface area contributed by atoms with E-state index < -0.39 is 0 Å². The van der Waals surface area contributed by atoms with Gasteiger partial charge in [0.1, 0.15) is 0 Å². The summed E-state index contributed by atoms with van der Waals surface area (Å²) in [4.78, 5) is 2.06. The minimum Gasteiger partial charge on any atom is -0.330 e. The molecule has 0 amide bonds. The van der Waals surface area contributed by atoms with E-state index in [-0.39, 0.29) is 7.12 Å². The highest BCUT2D eigenvalue weighted by atomic mass is 15.2. The predicted octanol–water partition coefficient (Wildman–Crippen LogP) is -1.03. The molecule has 0 spiro atoms. The molecule has 8 heavy (non-hydrogen) atoms. The first-order chi connectivity index (χ1) is 3.72. The van der Waals surface area contributed by atoms with Crippen LogP contribution in [0.15, 0.2) is 0 Å². The van der Waals surface area contributed by atoms with Crippen LogP contribution >= 0.6 is 0 Å². The molecule has 3 nitrogen and oxygen atoms in total. The van der Waals surface area contributed by atoms with Gasteiger partial charge in [-0.05, 0) is 28.2 Å². The van der Waals surface area contributed by atoms with Crippen LogP contribution in [0.25, 0.3) is 0 Å². The minimum absolute atomic E-state index is 0.287. The van der Waals surface area contributed by atoms with Gasteiger partial charge in [0, 0.05) is 0 Å². The van der Waals surface area contributed by atoms with E-state index in [1.54, 1.807) is 0 Å². The van der Waals surface area contributed by atoms with Crippen LogP contribution in [-0.4, -0.2) is 40.1 Å². The van der Waals surface area contributed by atoms with E-state index in [1.165, 1.54) is 0 Å². The lowest BCUT2D eigenvalue weighted by Crippen LogP contribution is -2.54. The maximum Gasteiger partial charge on any atom is 0.396 e. The Labute approximate surface area is 51.6 Å². The summed E-state index contributed by atoms with van der Waals surface area (Å²) in [6.07, 6.45) is 0. The minimum atomic E-state index is 0.287. The molecule has 2 N–H and O–H groups in total. The van der Waals surface area contributed by atoms with Crippen LogP contribution in [0.4, 0.5) is 0 Å². The standard InChI is InChI=1S/C4H14BN3/c1-6-5(7-2)8(3)4/h6-7H,1-4H3. The fraction of sp³-hybridized carbons (Fsp3) is 1.00. The van der Waals surface area contributed by atoms with Crippen molar-refractivity contribution in [2.75, 3.05) is 28.2 Å². The first kappa shape index (κ1) is 7.94. The third kappa shape index (κ3) is 2.30. The van der Waals surface area contributed by atoms with Crippen molar-refractivity contribution in [3.63, 3.8) is 0 Å². The highest BCUT2D eigenvalue weighted by Crippen LogP contribution is 1.71. The lowest BCUT2D eigenvalue weighted by molar-refractivity contribution is 0.608. The van der Waals surface area contributed by atoms with Gasteiger partial charge in [-0.2, -0.15) is 0 Å². The van der Waals surface area contributed by atoms with E-state index in [1.807, 2.05) is 28.2 Å². The largest absolute Gasteiger partial charge is 0.396 e. The van der Waals surface area contributed by atoms with Crippen molar-refractivity contribution in [1.29, 1.82) is 0 Å². The predicted molar refractivity (Wildman–Crippen MR) is 37.6 cm³/mol. The Bertz CT molecular complexity index is 53.2. The molecular formula is C4H14BN3. The van der Waals surface area contributed by atoms with Gasteiger partial charge >= 0.3 is 7.12 Å². The van der Waals surface area contributed by atoms with Crippen molar-refractivity contribution in [2.45, 2.75) is 0 Å². The average molecular weight is 115 g/mol. The van der Waals surface area contributed by atoms with E-state index in [0.29, 0.717) is 0 Å². The molecule has 0 aromatic rings. The van der Waals surface area contributed by atoms with Crippen LogP contribution in [0.3, 0.4) is 0 Å². The summed E-state index contributed by atoms with van der Waals surface area (Å²) in [6.45, 7) is 0. The van der Waals surface area contributed by atoms with Crippen LogP contribution in [-0.2, 0) is 0 Å². The summed E-state index contributed by atoms with van der Waals surface area (Å²) < 4.78 is 0. The van der Waals surface area contributed by atoms with Gasteiger partial charge in [0.15, 0.2) is 0 Å². The summed E-state index contributed by atoms with van der Waals surface area (Å²) in [5, 5.41) is 6.13. The van der Waals surface area contributed by atoms with Crippen molar-refractivity contribution in [1.82, 2.24) is 15.3 Å². The second kappa shape index (κ2) is 3.89. The van der Waals surface area contributed by atoms with Gasteiger partial charge in [-0.3, -0.25) is 0 Å². The van der Waals surface area contributed by atoms with Gasteiger partial charge in [-0.25, -0.2) is 0 Å². The van der Waals surface area contributed by atoms with Crippen LogP contribution in [0.5, 0.6) is 0 Å². The maximum absolute atomic E-state index is 3.07. The number of hydrogen-bond donors (Lipinski definition) is 2. The van der Waals surface area contributed by atoms with Gasteiger partial charge < -0.3 is 15.3 Å². The summed E-state index contributed by atoms with van der Waals surface area (Å²) in [5.74, 6) is 0. The summed E-state index contributed by atoms with van der Waals surface area (Å²) in [5.41, 5.74) is 0. The van der Waals surface area contributed by atoms with Crippen molar-refractivity contribution in [2.24, 2.45) is 0 Å². The van der Waals surface area contributed by atoms with E-state index >= 15 is 0 Å². The molecule has 0 unspecified atom stereocenters. The number of hydrogen-bond acceptors (Lipinski definition) is 3. The maximum atomic E-state index is 3.07. The second-order valence-corrected chi connectivity index (χ2v) is 1.94. The molecule has 0 aromatic heterocycles. The fourth-order valence-electron chi connectivity index (χ4n) is 0.661. The molecule has 0 aliphatic heterocycles. The quantitative estimate of drug-likeness (QED) is 0.460. The fourth-order valence-corrected chi connectivity index (χ4v) is 0.661. The van der Waals surface area contributed by atoms with E-state index in [9.17, 15) is 0 Å². The Kier molecular flexibility index (Phi) is 3.86. The van der Waals surface area contributed by atoms with E-state index in [2.05, 4.69) is 15.3 Å². The SMILES string of the molecule is CNB(NC)N(C)C. The zero-order chi connectivity index (χ0) is 6.57. The summed E-state index contributed by atoms with van der Waals surface area (Å²) in [7, 11) is 8.15. The molecule has 0 bridgehead atoms. The second-order valence-electron chi connectivity index (χ2n) is 1.94. The molecule has 0 atom stereocenters. The molecule has 0 heterocycles. The van der Waals surface area contributed by atoms with E-state index in [4.69, 9.17) is 0 Å². The molecule has 0 saturated heterocycles. The highest BCUT2D eigenvalue weighted by molar-refractivity contribution is 6.49. The van der Waals surface area contributed by atoms with Crippen LogP contribution in [0.2, 0.25) is 0 Å². The van der Waals surface area contributed by atoms with E-state index in [0.717, 1.165) is 0 Å². The normalized spacial score (nSPS) is 10.1. The van der Waals surface area contributed by atoms with Gasteiger partial charge in [0.25, 0.3) is 0 Å². The Morgan fingerprint density at radius 3 is 1.50 bits per heavy atom. The highest BCUT2D eigenvalue weighted by Gasteiger charge is 2.10. The molecule has 48 valence electrons. The first-order valence-corrected chi connectivity index (χ1v) is 2.73. The zero-order valence-electron chi connectivity index (χ0n) is 6.02. The Morgan fingerprint density at radius 1 is 1.12 bits per heavy atom. The molecule has 0 rings (SSSR count). The third-order valence-electron chi connectivity index (χ3n) is 1.06. The number of rotatable bonds is 3. The van der Waals surface area contributed by atoms with Crippen LogP contribution < -0.4 is 10.5 Å². The lowest BCUT2D eigenvalue weighted by atomic mass is 9.93.